The van der Waals surface area contributed by atoms with Crippen molar-refractivity contribution < 1.29 is 19.4 Å². The number of anilines is 2. The third-order valence-corrected chi connectivity index (χ3v) is 3.83. The molecule has 23 heavy (non-hydrogen) atoms. The summed E-state index contributed by atoms with van der Waals surface area (Å²) in [5.74, 6) is -0.757. The average Bonchev–Trinajstić information content (AvgIpc) is 2.53. The van der Waals surface area contributed by atoms with Crippen LogP contribution in [0.25, 0.3) is 0 Å². The van der Waals surface area contributed by atoms with E-state index in [0.29, 0.717) is 25.4 Å². The molecule has 0 spiro atoms. The minimum absolute atomic E-state index is 0.0251. The molecule has 1 aromatic carbocycles. The number of carboxylic acid groups (broad SMARTS) is 1. The Bertz CT molecular complexity index is 615. The maximum absolute atomic E-state index is 11.8. The minimum Gasteiger partial charge on any atom is -0.481 e. The van der Waals surface area contributed by atoms with Crippen molar-refractivity contribution in [3.05, 3.63) is 30.9 Å². The maximum Gasteiger partial charge on any atom is 0.308 e. The molecule has 1 heterocycles. The number of nitrogens with zero attached hydrogens (tertiary/aromatic N) is 2. The highest BCUT2D eigenvalue weighted by Gasteiger charge is 2.25. The molecule has 0 fully saturated rings. The number of hydrogen-bond donors (Lipinski definition) is 1. The standard InChI is InChI=1S/C17H22N2O4/c1-4-8-18(10-12(3)17(21)22)13-6-7-14-15(9-13)23-11-16(20)19(14)5-2/h4,6-7,9,12H,1,5,8,10-11H2,2-3H3,(H,21,22). The van der Waals surface area contributed by atoms with Crippen LogP contribution in [-0.2, 0) is 9.59 Å². The van der Waals surface area contributed by atoms with Gasteiger partial charge in [-0.2, -0.15) is 0 Å². The summed E-state index contributed by atoms with van der Waals surface area (Å²) >= 11 is 0. The van der Waals surface area contributed by atoms with Gasteiger partial charge in [0, 0.05) is 31.4 Å². The normalized spacial score (nSPS) is 14.7. The number of rotatable bonds is 7. The van der Waals surface area contributed by atoms with Crippen LogP contribution in [0.1, 0.15) is 13.8 Å². The highest BCUT2D eigenvalue weighted by molar-refractivity contribution is 5.98. The van der Waals surface area contributed by atoms with Gasteiger partial charge < -0.3 is 19.6 Å². The fourth-order valence-electron chi connectivity index (χ4n) is 2.59. The first kappa shape index (κ1) is 16.9. The zero-order valence-electron chi connectivity index (χ0n) is 13.5. The number of fused-ring (bicyclic) bond motifs is 1. The van der Waals surface area contributed by atoms with E-state index in [-0.39, 0.29) is 12.5 Å². The van der Waals surface area contributed by atoms with Gasteiger partial charge in [-0.05, 0) is 19.1 Å². The fraction of sp³-hybridized carbons (Fsp3) is 0.412. The molecule has 1 aliphatic rings. The summed E-state index contributed by atoms with van der Waals surface area (Å²) < 4.78 is 5.53. The number of hydrogen-bond acceptors (Lipinski definition) is 4. The van der Waals surface area contributed by atoms with Crippen LogP contribution < -0.4 is 14.5 Å². The van der Waals surface area contributed by atoms with Crippen LogP contribution in [0.15, 0.2) is 30.9 Å². The first-order valence-corrected chi connectivity index (χ1v) is 7.63. The molecule has 1 N–H and O–H groups in total. The molecular weight excluding hydrogens is 296 g/mol. The smallest absolute Gasteiger partial charge is 0.308 e. The molecule has 0 bridgehead atoms. The minimum atomic E-state index is -0.837. The Balaban J connectivity index is 2.29. The Kier molecular flexibility index (Phi) is 5.26. The molecule has 1 atom stereocenters. The lowest BCUT2D eigenvalue weighted by Crippen LogP contribution is -2.38. The summed E-state index contributed by atoms with van der Waals surface area (Å²) in [4.78, 5) is 26.6. The van der Waals surface area contributed by atoms with Crippen molar-refractivity contribution in [3.8, 4) is 5.75 Å². The van der Waals surface area contributed by atoms with Gasteiger partial charge in [-0.15, -0.1) is 6.58 Å². The number of amides is 1. The third kappa shape index (κ3) is 3.64. The molecule has 6 nitrogen and oxygen atoms in total. The number of carbonyl (C=O) groups excluding carboxylic acids is 1. The van der Waals surface area contributed by atoms with Gasteiger partial charge in [0.25, 0.3) is 5.91 Å². The van der Waals surface area contributed by atoms with Crippen LogP contribution in [0.3, 0.4) is 0 Å². The van der Waals surface area contributed by atoms with Gasteiger partial charge in [0.15, 0.2) is 6.61 Å². The molecule has 1 amide bonds. The Morgan fingerprint density at radius 2 is 2.30 bits per heavy atom. The van der Waals surface area contributed by atoms with Crippen LogP contribution in [-0.4, -0.2) is 43.2 Å². The van der Waals surface area contributed by atoms with E-state index < -0.39 is 11.9 Å². The van der Waals surface area contributed by atoms with Gasteiger partial charge in [-0.1, -0.05) is 13.0 Å². The molecule has 1 unspecified atom stereocenters. The van der Waals surface area contributed by atoms with Gasteiger partial charge in [-0.25, -0.2) is 0 Å². The highest BCUT2D eigenvalue weighted by Crippen LogP contribution is 2.35. The zero-order valence-corrected chi connectivity index (χ0v) is 13.5. The second-order valence-corrected chi connectivity index (χ2v) is 5.51. The maximum atomic E-state index is 11.8. The van der Waals surface area contributed by atoms with Gasteiger partial charge in [0.05, 0.1) is 11.6 Å². The van der Waals surface area contributed by atoms with Crippen LogP contribution in [0.4, 0.5) is 11.4 Å². The Hall–Kier alpha value is -2.50. The van der Waals surface area contributed by atoms with E-state index in [2.05, 4.69) is 6.58 Å². The quantitative estimate of drug-likeness (QED) is 0.780. The van der Waals surface area contributed by atoms with E-state index in [4.69, 9.17) is 9.84 Å². The van der Waals surface area contributed by atoms with Gasteiger partial charge in [-0.3, -0.25) is 9.59 Å². The SMILES string of the molecule is C=CCN(CC(C)C(=O)O)c1ccc2c(c1)OCC(=O)N2CC. The molecule has 6 heteroatoms. The molecule has 0 aromatic heterocycles. The monoisotopic (exact) mass is 318 g/mol. The molecule has 0 saturated carbocycles. The lowest BCUT2D eigenvalue weighted by Gasteiger charge is -2.31. The van der Waals surface area contributed by atoms with E-state index in [0.717, 1.165) is 11.4 Å². The zero-order chi connectivity index (χ0) is 17.0. The highest BCUT2D eigenvalue weighted by atomic mass is 16.5. The van der Waals surface area contributed by atoms with Gasteiger partial charge >= 0.3 is 5.97 Å². The van der Waals surface area contributed by atoms with Crippen molar-refractivity contribution in [2.45, 2.75) is 13.8 Å². The van der Waals surface area contributed by atoms with E-state index in [1.54, 1.807) is 17.9 Å². The van der Waals surface area contributed by atoms with Crippen molar-refractivity contribution in [3.63, 3.8) is 0 Å². The summed E-state index contributed by atoms with van der Waals surface area (Å²) in [6.45, 7) is 8.83. The van der Waals surface area contributed by atoms with E-state index in [1.165, 1.54) is 0 Å². The molecule has 0 saturated heterocycles. The number of likely N-dealkylation sites (N-methyl/N-ethyl adjacent to an activating group) is 1. The molecule has 0 radical (unpaired) electrons. The summed E-state index contributed by atoms with van der Waals surface area (Å²) in [6, 6.07) is 5.57. The van der Waals surface area contributed by atoms with Gasteiger partial charge in [0.2, 0.25) is 0 Å². The Labute approximate surface area is 136 Å². The topological polar surface area (TPSA) is 70.1 Å². The molecule has 2 rings (SSSR count). The lowest BCUT2D eigenvalue weighted by molar-refractivity contribution is -0.140. The Morgan fingerprint density at radius 1 is 1.57 bits per heavy atom. The number of carbonyl (C=O) groups is 2. The van der Waals surface area contributed by atoms with Crippen LogP contribution in [0, 0.1) is 5.92 Å². The Morgan fingerprint density at radius 3 is 2.91 bits per heavy atom. The molecule has 124 valence electrons. The largest absolute Gasteiger partial charge is 0.481 e. The van der Waals surface area contributed by atoms with E-state index in [1.807, 2.05) is 30.0 Å². The van der Waals surface area contributed by atoms with Crippen LogP contribution in [0.2, 0.25) is 0 Å². The van der Waals surface area contributed by atoms with Crippen molar-refractivity contribution in [1.29, 1.82) is 0 Å². The molecular formula is C17H22N2O4. The number of benzene rings is 1. The second kappa shape index (κ2) is 7.17. The first-order chi connectivity index (χ1) is 11.0. The summed E-state index contributed by atoms with van der Waals surface area (Å²) in [7, 11) is 0. The number of aliphatic carboxylic acids is 1. The van der Waals surface area contributed by atoms with Gasteiger partial charge in [0.1, 0.15) is 5.75 Å². The predicted octanol–water partition coefficient (Wildman–Crippen LogP) is 2.15. The van der Waals surface area contributed by atoms with E-state index >= 15 is 0 Å². The van der Waals surface area contributed by atoms with E-state index in [9.17, 15) is 9.59 Å². The van der Waals surface area contributed by atoms with Crippen LogP contribution in [0.5, 0.6) is 5.75 Å². The van der Waals surface area contributed by atoms with Crippen molar-refractivity contribution in [2.75, 3.05) is 36.0 Å². The fourth-order valence-corrected chi connectivity index (χ4v) is 2.59. The lowest BCUT2D eigenvalue weighted by atomic mass is 10.1. The summed E-state index contributed by atoms with van der Waals surface area (Å²) in [5.41, 5.74) is 1.60. The predicted molar refractivity (Wildman–Crippen MR) is 89.2 cm³/mol. The summed E-state index contributed by atoms with van der Waals surface area (Å²) in [6.07, 6.45) is 1.73. The average molecular weight is 318 g/mol. The molecule has 1 aromatic rings. The second-order valence-electron chi connectivity index (χ2n) is 5.51. The summed E-state index contributed by atoms with van der Waals surface area (Å²) in [5, 5.41) is 9.11. The first-order valence-electron chi connectivity index (χ1n) is 7.63. The van der Waals surface area contributed by atoms with Crippen molar-refractivity contribution in [1.82, 2.24) is 0 Å². The molecule has 1 aliphatic heterocycles. The van der Waals surface area contributed by atoms with Crippen molar-refractivity contribution >= 4 is 23.3 Å². The third-order valence-electron chi connectivity index (χ3n) is 3.83. The van der Waals surface area contributed by atoms with Crippen LogP contribution >= 0.6 is 0 Å². The van der Waals surface area contributed by atoms with Crippen molar-refractivity contribution in [2.24, 2.45) is 5.92 Å². The number of ether oxygens (including phenoxy) is 1. The molecule has 0 aliphatic carbocycles. The number of carboxylic acids is 1.